The lowest BCUT2D eigenvalue weighted by Crippen LogP contribution is -2.24. The van der Waals surface area contributed by atoms with Gasteiger partial charge in [0.1, 0.15) is 12.7 Å². The van der Waals surface area contributed by atoms with E-state index >= 15 is 0 Å². The summed E-state index contributed by atoms with van der Waals surface area (Å²) in [6, 6.07) is 0. The molecule has 0 aliphatic carbocycles. The van der Waals surface area contributed by atoms with Gasteiger partial charge >= 0.3 is 11.9 Å². The fourth-order valence-electron chi connectivity index (χ4n) is 0.531. The highest BCUT2D eigenvalue weighted by Gasteiger charge is 2.11. The predicted molar refractivity (Wildman–Crippen MR) is 48.8 cm³/mol. The fourth-order valence-corrected chi connectivity index (χ4v) is 0.531. The number of methoxy groups -OCH3 is 1. The second-order valence-corrected chi connectivity index (χ2v) is 2.61. The van der Waals surface area contributed by atoms with Crippen LogP contribution >= 0.6 is 0 Å². The van der Waals surface area contributed by atoms with Crippen molar-refractivity contribution in [1.29, 1.82) is 0 Å². The molecular formula is C9H12O6. The Morgan fingerprint density at radius 3 is 2.27 bits per heavy atom. The first-order chi connectivity index (χ1) is 6.97. The lowest BCUT2D eigenvalue weighted by Gasteiger charge is -2.05. The summed E-state index contributed by atoms with van der Waals surface area (Å²) < 4.78 is 8.68. The maximum absolute atomic E-state index is 10.9. The van der Waals surface area contributed by atoms with E-state index in [9.17, 15) is 14.4 Å². The van der Waals surface area contributed by atoms with Crippen LogP contribution in [-0.4, -0.2) is 42.6 Å². The molecule has 0 rings (SSSR count). The van der Waals surface area contributed by atoms with Crippen LogP contribution in [0.4, 0.5) is 0 Å². The van der Waals surface area contributed by atoms with Gasteiger partial charge in [0.05, 0.1) is 7.11 Å². The van der Waals surface area contributed by atoms with Crippen LogP contribution in [0.3, 0.4) is 0 Å². The average molecular weight is 216 g/mol. The summed E-state index contributed by atoms with van der Waals surface area (Å²) in [6.07, 6.45) is 0.390. The van der Waals surface area contributed by atoms with E-state index in [1.165, 1.54) is 6.92 Å². The molecule has 0 fully saturated rings. The number of carbonyl (C=O) groups is 3. The molecule has 0 saturated carbocycles. The second kappa shape index (κ2) is 6.72. The maximum atomic E-state index is 10.9. The maximum Gasteiger partial charge on any atom is 0.331 e. The summed E-state index contributed by atoms with van der Waals surface area (Å²) >= 11 is 0. The van der Waals surface area contributed by atoms with Crippen molar-refractivity contribution >= 4 is 17.7 Å². The van der Waals surface area contributed by atoms with Gasteiger partial charge in [-0.25, -0.2) is 9.59 Å². The Hall–Kier alpha value is -1.69. The highest BCUT2D eigenvalue weighted by Crippen LogP contribution is 1.90. The van der Waals surface area contributed by atoms with Crippen LogP contribution in [0.5, 0.6) is 0 Å². The zero-order chi connectivity index (χ0) is 11.8. The van der Waals surface area contributed by atoms with Crippen LogP contribution in [-0.2, 0) is 23.9 Å². The van der Waals surface area contributed by atoms with Crippen molar-refractivity contribution in [1.82, 2.24) is 0 Å². The topological polar surface area (TPSA) is 89.9 Å². The van der Waals surface area contributed by atoms with Crippen LogP contribution in [0, 0.1) is 0 Å². The zero-order valence-electron chi connectivity index (χ0n) is 8.43. The number of aliphatic hydroxyl groups excluding tert-OH is 1. The summed E-state index contributed by atoms with van der Waals surface area (Å²) in [5.41, 5.74) is 0. The molecule has 15 heavy (non-hydrogen) atoms. The second-order valence-electron chi connectivity index (χ2n) is 2.61. The van der Waals surface area contributed by atoms with Gasteiger partial charge in [-0.2, -0.15) is 0 Å². The van der Waals surface area contributed by atoms with Crippen molar-refractivity contribution in [3.05, 3.63) is 12.2 Å². The first kappa shape index (κ1) is 13.3. The molecule has 0 aliphatic rings. The van der Waals surface area contributed by atoms with Gasteiger partial charge in [0.25, 0.3) is 0 Å². The van der Waals surface area contributed by atoms with Gasteiger partial charge in [-0.1, -0.05) is 0 Å². The van der Waals surface area contributed by atoms with Crippen molar-refractivity contribution in [2.75, 3.05) is 13.7 Å². The number of hydrogen-bond acceptors (Lipinski definition) is 6. The van der Waals surface area contributed by atoms with Crippen LogP contribution in [0.2, 0.25) is 0 Å². The number of hydrogen-bond donors (Lipinski definition) is 1. The van der Waals surface area contributed by atoms with Crippen molar-refractivity contribution in [2.24, 2.45) is 0 Å². The summed E-state index contributed by atoms with van der Waals surface area (Å²) in [5, 5.41) is 8.96. The number of carbonyl (C=O) groups excluding carboxylic acids is 3. The van der Waals surface area contributed by atoms with Crippen LogP contribution in [0.15, 0.2) is 12.2 Å². The van der Waals surface area contributed by atoms with Gasteiger partial charge in [-0.15, -0.1) is 0 Å². The van der Waals surface area contributed by atoms with Crippen LogP contribution < -0.4 is 0 Å². The predicted octanol–water partition coefficient (Wildman–Crippen LogP) is -0.791. The van der Waals surface area contributed by atoms with Crippen molar-refractivity contribution < 1.29 is 29.0 Å². The van der Waals surface area contributed by atoms with Crippen LogP contribution in [0.1, 0.15) is 6.92 Å². The molecule has 0 heterocycles. The smallest absolute Gasteiger partial charge is 0.331 e. The summed E-state index contributed by atoms with van der Waals surface area (Å²) in [6.45, 7) is 0.739. The molecule has 1 unspecified atom stereocenters. The third kappa shape index (κ3) is 6.39. The lowest BCUT2D eigenvalue weighted by atomic mass is 10.3. The molecule has 6 nitrogen and oxygen atoms in total. The Kier molecular flexibility index (Phi) is 5.96. The molecular weight excluding hydrogens is 204 g/mol. The molecule has 0 aliphatic heterocycles. The SMILES string of the molecule is COC(=O)/C=C/C(=O)OCC(O)C(C)=O. The molecule has 0 aromatic heterocycles. The Morgan fingerprint density at radius 1 is 1.27 bits per heavy atom. The Morgan fingerprint density at radius 2 is 1.80 bits per heavy atom. The summed E-state index contributed by atoms with van der Waals surface area (Å²) in [7, 11) is 1.16. The number of ketones is 1. The van der Waals surface area contributed by atoms with Gasteiger partial charge in [-0.05, 0) is 6.92 Å². The first-order valence-electron chi connectivity index (χ1n) is 4.08. The Balaban J connectivity index is 3.90. The third-order valence-electron chi connectivity index (χ3n) is 1.41. The van der Waals surface area contributed by atoms with Gasteiger partial charge in [0.2, 0.25) is 0 Å². The number of Topliss-reactive ketones (excluding diaryl/α,β-unsaturated/α-hetero) is 1. The molecule has 84 valence electrons. The minimum Gasteiger partial charge on any atom is -0.466 e. The molecule has 0 spiro atoms. The monoisotopic (exact) mass is 216 g/mol. The number of aliphatic hydroxyl groups is 1. The van der Waals surface area contributed by atoms with Crippen LogP contribution in [0.25, 0.3) is 0 Å². The molecule has 0 radical (unpaired) electrons. The third-order valence-corrected chi connectivity index (χ3v) is 1.41. The number of esters is 2. The van der Waals surface area contributed by atoms with E-state index in [-0.39, 0.29) is 0 Å². The highest BCUT2D eigenvalue weighted by molar-refractivity contribution is 5.91. The molecule has 0 bridgehead atoms. The standard InChI is InChI=1S/C9H12O6/c1-6(10)7(11)5-15-9(13)4-3-8(12)14-2/h3-4,7,11H,5H2,1-2H3/b4-3+. The van der Waals surface area contributed by atoms with E-state index in [1.54, 1.807) is 0 Å². The van der Waals surface area contributed by atoms with E-state index in [0.717, 1.165) is 19.3 Å². The summed E-state index contributed by atoms with van der Waals surface area (Å²) in [4.78, 5) is 31.9. The molecule has 1 atom stereocenters. The van der Waals surface area contributed by atoms with E-state index < -0.39 is 30.4 Å². The molecule has 6 heteroatoms. The number of rotatable bonds is 5. The summed E-state index contributed by atoms with van der Waals surface area (Å²) in [5.74, 6) is -2.03. The van der Waals surface area contributed by atoms with Crippen molar-refractivity contribution in [3.8, 4) is 0 Å². The highest BCUT2D eigenvalue weighted by atomic mass is 16.5. The van der Waals surface area contributed by atoms with E-state index in [4.69, 9.17) is 5.11 Å². The molecule has 0 saturated heterocycles. The van der Waals surface area contributed by atoms with E-state index in [2.05, 4.69) is 9.47 Å². The van der Waals surface area contributed by atoms with Gasteiger partial charge in [-0.3, -0.25) is 4.79 Å². The zero-order valence-corrected chi connectivity index (χ0v) is 8.43. The Bertz CT molecular complexity index is 280. The van der Waals surface area contributed by atoms with Gasteiger partial charge in [0, 0.05) is 12.2 Å². The van der Waals surface area contributed by atoms with E-state index in [0.29, 0.717) is 0 Å². The molecule has 0 aromatic carbocycles. The lowest BCUT2D eigenvalue weighted by molar-refractivity contribution is -0.144. The Labute approximate surface area is 86.5 Å². The van der Waals surface area contributed by atoms with Gasteiger partial charge in [0.15, 0.2) is 5.78 Å². The first-order valence-corrected chi connectivity index (χ1v) is 4.08. The number of ether oxygens (including phenoxy) is 2. The quantitative estimate of drug-likeness (QED) is 0.478. The minimum absolute atomic E-state index is 0.431. The van der Waals surface area contributed by atoms with Crippen molar-refractivity contribution in [3.63, 3.8) is 0 Å². The average Bonchev–Trinajstić information content (AvgIpc) is 2.21. The largest absolute Gasteiger partial charge is 0.466 e. The normalized spacial score (nSPS) is 12.2. The van der Waals surface area contributed by atoms with E-state index in [1.807, 2.05) is 0 Å². The minimum atomic E-state index is -1.33. The van der Waals surface area contributed by atoms with Gasteiger partial charge < -0.3 is 14.6 Å². The molecule has 0 amide bonds. The molecule has 1 N–H and O–H groups in total. The van der Waals surface area contributed by atoms with Crippen molar-refractivity contribution in [2.45, 2.75) is 13.0 Å². The molecule has 0 aromatic rings. The fraction of sp³-hybridized carbons (Fsp3) is 0.444.